The fraction of sp³-hybridized carbons (Fsp3) is 0.231. The van der Waals surface area contributed by atoms with Gasteiger partial charge in [0.15, 0.2) is 11.6 Å². The summed E-state index contributed by atoms with van der Waals surface area (Å²) in [6.45, 7) is 1.78. The highest BCUT2D eigenvalue weighted by molar-refractivity contribution is 7.92. The highest BCUT2D eigenvalue weighted by Gasteiger charge is 2.28. The fourth-order valence-corrected chi connectivity index (χ4v) is 5.05. The second-order valence-corrected chi connectivity index (χ2v) is 10.7. The number of halogens is 3. The zero-order valence-corrected chi connectivity index (χ0v) is 20.7. The van der Waals surface area contributed by atoms with Crippen molar-refractivity contribution in [1.82, 2.24) is 15.3 Å². The van der Waals surface area contributed by atoms with Crippen molar-refractivity contribution in [3.8, 4) is 22.3 Å². The summed E-state index contributed by atoms with van der Waals surface area (Å²) >= 11 is 0. The Morgan fingerprint density at radius 3 is 2.46 bits per heavy atom. The van der Waals surface area contributed by atoms with Gasteiger partial charge >= 0.3 is 0 Å². The Morgan fingerprint density at radius 1 is 0.973 bits per heavy atom. The van der Waals surface area contributed by atoms with Crippen molar-refractivity contribution in [1.29, 1.82) is 0 Å². The van der Waals surface area contributed by atoms with E-state index in [0.29, 0.717) is 16.9 Å². The maximum absolute atomic E-state index is 16.0. The minimum Gasteiger partial charge on any atom is -0.350 e. The average molecular weight is 528 g/mol. The number of benzene rings is 3. The van der Waals surface area contributed by atoms with Crippen LogP contribution in [0.1, 0.15) is 12.8 Å². The molecule has 1 aromatic heterocycles. The Balaban J connectivity index is 1.61. The van der Waals surface area contributed by atoms with Crippen molar-refractivity contribution < 1.29 is 21.6 Å². The Kier molecular flexibility index (Phi) is 6.74. The van der Waals surface area contributed by atoms with Crippen LogP contribution in [0.15, 0.2) is 54.7 Å². The van der Waals surface area contributed by atoms with Crippen LogP contribution in [0.5, 0.6) is 0 Å². The summed E-state index contributed by atoms with van der Waals surface area (Å²) in [5.74, 6) is -3.66. The molecule has 1 fully saturated rings. The smallest absolute Gasteiger partial charge is 0.229 e. The standard InChI is InChI=1S/C26H24F3N5O2S/c1-37(35,36)34-25-21(15-6-3-2-4-7-15)22(27)20(23(28)24(25)29)16-9-10-19-17(12-16)13-31-26(33-19)32-18-8-5-11-30-14-18/h2-4,6-7,9-10,12-13,18,30,34H,5,8,11,14H2,1H3,(H,31,32,33)/t18-/m0/s1. The van der Waals surface area contributed by atoms with Gasteiger partial charge in [-0.25, -0.2) is 31.6 Å². The summed E-state index contributed by atoms with van der Waals surface area (Å²) in [4.78, 5) is 8.83. The molecule has 0 radical (unpaired) electrons. The lowest BCUT2D eigenvalue weighted by Gasteiger charge is -2.23. The van der Waals surface area contributed by atoms with E-state index in [-0.39, 0.29) is 17.2 Å². The van der Waals surface area contributed by atoms with Gasteiger partial charge in [-0.3, -0.25) is 4.72 Å². The van der Waals surface area contributed by atoms with Crippen LogP contribution in [0, 0.1) is 17.5 Å². The molecule has 11 heteroatoms. The number of nitrogens with one attached hydrogen (secondary N) is 3. The van der Waals surface area contributed by atoms with E-state index in [2.05, 4.69) is 20.6 Å². The zero-order valence-electron chi connectivity index (χ0n) is 19.9. The number of aromatic nitrogens is 2. The molecule has 3 N–H and O–H groups in total. The topological polar surface area (TPSA) is 96.0 Å². The third kappa shape index (κ3) is 5.23. The molecule has 1 atom stereocenters. The molecule has 0 unspecified atom stereocenters. The van der Waals surface area contributed by atoms with Crippen molar-refractivity contribution in [2.75, 3.05) is 29.4 Å². The average Bonchev–Trinajstić information content (AvgIpc) is 2.88. The maximum atomic E-state index is 16.0. The number of piperidine rings is 1. The molecule has 5 rings (SSSR count). The minimum atomic E-state index is -4.03. The maximum Gasteiger partial charge on any atom is 0.229 e. The van der Waals surface area contributed by atoms with E-state index in [1.165, 1.54) is 30.5 Å². The molecule has 0 spiro atoms. The zero-order chi connectivity index (χ0) is 26.2. The first kappa shape index (κ1) is 25.0. The Bertz CT molecular complexity index is 1580. The summed E-state index contributed by atoms with van der Waals surface area (Å²) in [6.07, 6.45) is 4.35. The number of hydrogen-bond acceptors (Lipinski definition) is 6. The largest absolute Gasteiger partial charge is 0.350 e. The number of anilines is 2. The normalized spacial score (nSPS) is 16.1. The summed E-state index contributed by atoms with van der Waals surface area (Å²) < 4.78 is 72.2. The number of sulfonamides is 1. The Hall–Kier alpha value is -3.70. The molecule has 1 saturated heterocycles. The van der Waals surface area contributed by atoms with Crippen LogP contribution in [-0.4, -0.2) is 43.8 Å². The molecule has 192 valence electrons. The van der Waals surface area contributed by atoms with E-state index >= 15 is 13.2 Å². The molecule has 7 nitrogen and oxygen atoms in total. The van der Waals surface area contributed by atoms with Gasteiger partial charge in [-0.15, -0.1) is 0 Å². The predicted molar refractivity (Wildman–Crippen MR) is 138 cm³/mol. The lowest BCUT2D eigenvalue weighted by Crippen LogP contribution is -2.38. The van der Waals surface area contributed by atoms with Crippen molar-refractivity contribution in [2.24, 2.45) is 0 Å². The number of rotatable bonds is 6. The van der Waals surface area contributed by atoms with Gasteiger partial charge in [-0.05, 0) is 42.6 Å². The third-order valence-electron chi connectivity index (χ3n) is 6.17. The SMILES string of the molecule is CS(=O)(=O)Nc1c(F)c(F)c(-c2ccc3nc(N[C@H]4CCCNC4)ncc3c2)c(F)c1-c1ccccc1. The first-order chi connectivity index (χ1) is 17.7. The van der Waals surface area contributed by atoms with Crippen molar-refractivity contribution in [3.63, 3.8) is 0 Å². The fourth-order valence-electron chi connectivity index (χ4n) is 4.49. The lowest BCUT2D eigenvalue weighted by molar-refractivity contribution is 0.478. The molecule has 0 amide bonds. The highest BCUT2D eigenvalue weighted by Crippen LogP contribution is 2.41. The van der Waals surface area contributed by atoms with Crippen LogP contribution in [0.4, 0.5) is 24.8 Å². The predicted octanol–water partition coefficient (Wildman–Crippen LogP) is 4.92. The van der Waals surface area contributed by atoms with E-state index in [1.54, 1.807) is 24.3 Å². The highest BCUT2D eigenvalue weighted by atomic mass is 32.2. The van der Waals surface area contributed by atoms with Gasteiger partial charge in [0, 0.05) is 29.7 Å². The molecule has 0 saturated carbocycles. The van der Waals surface area contributed by atoms with E-state index in [1.807, 2.05) is 4.72 Å². The van der Waals surface area contributed by atoms with Crippen molar-refractivity contribution in [2.45, 2.75) is 18.9 Å². The Morgan fingerprint density at radius 2 is 1.76 bits per heavy atom. The van der Waals surface area contributed by atoms with E-state index < -0.39 is 44.3 Å². The van der Waals surface area contributed by atoms with E-state index in [4.69, 9.17) is 0 Å². The van der Waals surface area contributed by atoms with Gasteiger partial charge in [-0.2, -0.15) is 0 Å². The number of fused-ring (bicyclic) bond motifs is 1. The minimum absolute atomic E-state index is 0.0604. The molecule has 2 heterocycles. The molecule has 4 aromatic rings. The second-order valence-electron chi connectivity index (χ2n) is 8.96. The van der Waals surface area contributed by atoms with Gasteiger partial charge in [-0.1, -0.05) is 36.4 Å². The lowest BCUT2D eigenvalue weighted by atomic mass is 9.95. The first-order valence-corrected chi connectivity index (χ1v) is 13.6. The summed E-state index contributed by atoms with van der Waals surface area (Å²) in [6, 6.07) is 12.5. The van der Waals surface area contributed by atoms with Crippen molar-refractivity contribution in [3.05, 3.63) is 72.2 Å². The van der Waals surface area contributed by atoms with Gasteiger partial charge < -0.3 is 10.6 Å². The Labute approximate surface area is 212 Å². The van der Waals surface area contributed by atoms with Crippen LogP contribution < -0.4 is 15.4 Å². The summed E-state index contributed by atoms with van der Waals surface area (Å²) in [7, 11) is -4.03. The summed E-state index contributed by atoms with van der Waals surface area (Å²) in [5, 5.41) is 7.10. The van der Waals surface area contributed by atoms with Crippen LogP contribution >= 0.6 is 0 Å². The molecular formula is C26H24F3N5O2S. The van der Waals surface area contributed by atoms with E-state index in [9.17, 15) is 8.42 Å². The number of nitrogens with zero attached hydrogens (tertiary/aromatic N) is 2. The first-order valence-electron chi connectivity index (χ1n) is 11.7. The molecule has 37 heavy (non-hydrogen) atoms. The second kappa shape index (κ2) is 9.98. The van der Waals surface area contributed by atoms with Gasteiger partial charge in [0.2, 0.25) is 16.0 Å². The quantitative estimate of drug-likeness (QED) is 0.308. The number of hydrogen-bond donors (Lipinski definition) is 3. The van der Waals surface area contributed by atoms with Gasteiger partial charge in [0.25, 0.3) is 0 Å². The molecule has 0 aliphatic carbocycles. The van der Waals surface area contributed by atoms with Crippen LogP contribution in [0.25, 0.3) is 33.2 Å². The van der Waals surface area contributed by atoms with Gasteiger partial charge in [0.05, 0.1) is 23.0 Å². The van der Waals surface area contributed by atoms with Crippen molar-refractivity contribution >= 4 is 32.6 Å². The molecule has 1 aliphatic heterocycles. The molecular weight excluding hydrogens is 503 g/mol. The monoisotopic (exact) mass is 527 g/mol. The summed E-state index contributed by atoms with van der Waals surface area (Å²) in [5.41, 5.74) is -1.01. The van der Waals surface area contributed by atoms with Gasteiger partial charge in [0.1, 0.15) is 5.82 Å². The van der Waals surface area contributed by atoms with E-state index in [0.717, 1.165) is 32.2 Å². The third-order valence-corrected chi connectivity index (χ3v) is 6.74. The molecule has 3 aromatic carbocycles. The molecule has 0 bridgehead atoms. The van der Waals surface area contributed by atoms with Crippen LogP contribution in [-0.2, 0) is 10.0 Å². The van der Waals surface area contributed by atoms with Crippen LogP contribution in [0.3, 0.4) is 0 Å². The van der Waals surface area contributed by atoms with Crippen LogP contribution in [0.2, 0.25) is 0 Å². The molecule has 1 aliphatic rings.